The van der Waals surface area contributed by atoms with Crippen LogP contribution in [0.5, 0.6) is 11.5 Å². The molecular weight excluding hydrogens is 348 g/mol. The minimum atomic E-state index is -0.903. The molecule has 0 bridgehead atoms. The van der Waals surface area contributed by atoms with Crippen molar-refractivity contribution in [3.05, 3.63) is 54.0 Å². The lowest BCUT2D eigenvalue weighted by Gasteiger charge is -2.27. The summed E-state index contributed by atoms with van der Waals surface area (Å²) in [7, 11) is 3.13. The Bertz CT molecular complexity index is 850. The molecule has 1 aliphatic carbocycles. The van der Waals surface area contributed by atoms with Crippen molar-refractivity contribution in [1.29, 1.82) is 0 Å². The van der Waals surface area contributed by atoms with Gasteiger partial charge in [0.1, 0.15) is 11.7 Å². The van der Waals surface area contributed by atoms with Crippen LogP contribution in [-0.2, 0) is 14.3 Å². The SMILES string of the molecule is CCOC(=O)[C@@H]1C(=O)C=C(c2ccc(OC)c(OC)c2)C[C@@H]1c1ccco1. The number of furan rings is 1. The third-order valence-corrected chi connectivity index (χ3v) is 4.67. The molecule has 27 heavy (non-hydrogen) atoms. The summed E-state index contributed by atoms with van der Waals surface area (Å²) >= 11 is 0. The highest BCUT2D eigenvalue weighted by molar-refractivity contribution is 6.10. The van der Waals surface area contributed by atoms with Gasteiger partial charge in [-0.1, -0.05) is 6.07 Å². The number of hydrogen-bond donors (Lipinski definition) is 0. The Morgan fingerprint density at radius 2 is 1.96 bits per heavy atom. The van der Waals surface area contributed by atoms with E-state index in [4.69, 9.17) is 18.6 Å². The Morgan fingerprint density at radius 3 is 2.59 bits per heavy atom. The maximum Gasteiger partial charge on any atom is 0.317 e. The fourth-order valence-electron chi connectivity index (χ4n) is 3.39. The predicted octanol–water partition coefficient (Wildman–Crippen LogP) is 3.62. The van der Waals surface area contributed by atoms with E-state index in [1.54, 1.807) is 39.3 Å². The summed E-state index contributed by atoms with van der Waals surface area (Å²) in [5.41, 5.74) is 1.64. The Labute approximate surface area is 157 Å². The second-order valence-electron chi connectivity index (χ2n) is 6.20. The van der Waals surface area contributed by atoms with Gasteiger partial charge in [-0.2, -0.15) is 0 Å². The van der Waals surface area contributed by atoms with Gasteiger partial charge in [-0.05, 0) is 54.8 Å². The minimum Gasteiger partial charge on any atom is -0.493 e. The number of carbonyl (C=O) groups excluding carboxylic acids is 2. The zero-order valence-electron chi connectivity index (χ0n) is 15.6. The van der Waals surface area contributed by atoms with Crippen LogP contribution in [0.2, 0.25) is 0 Å². The van der Waals surface area contributed by atoms with Crippen molar-refractivity contribution in [3.63, 3.8) is 0 Å². The highest BCUT2D eigenvalue weighted by Crippen LogP contribution is 2.42. The Kier molecular flexibility index (Phi) is 5.64. The van der Waals surface area contributed by atoms with Crippen molar-refractivity contribution in [2.75, 3.05) is 20.8 Å². The van der Waals surface area contributed by atoms with Crippen molar-refractivity contribution < 1.29 is 28.2 Å². The Balaban J connectivity index is 2.00. The van der Waals surface area contributed by atoms with E-state index >= 15 is 0 Å². The molecule has 3 rings (SSSR count). The monoisotopic (exact) mass is 370 g/mol. The average molecular weight is 370 g/mol. The van der Waals surface area contributed by atoms with E-state index in [0.717, 1.165) is 11.1 Å². The molecule has 1 aliphatic rings. The molecule has 0 spiro atoms. The molecule has 1 heterocycles. The van der Waals surface area contributed by atoms with E-state index in [2.05, 4.69) is 0 Å². The zero-order chi connectivity index (χ0) is 19.4. The number of esters is 1. The van der Waals surface area contributed by atoms with Gasteiger partial charge in [0.05, 0.1) is 27.1 Å². The van der Waals surface area contributed by atoms with Crippen LogP contribution in [0.4, 0.5) is 0 Å². The maximum atomic E-state index is 12.8. The number of methoxy groups -OCH3 is 2. The molecule has 0 saturated carbocycles. The molecule has 0 N–H and O–H groups in total. The van der Waals surface area contributed by atoms with E-state index in [1.165, 1.54) is 12.3 Å². The maximum absolute atomic E-state index is 12.8. The molecular formula is C21H22O6. The summed E-state index contributed by atoms with van der Waals surface area (Å²) < 4.78 is 21.3. The number of ether oxygens (including phenoxy) is 3. The van der Waals surface area contributed by atoms with Crippen molar-refractivity contribution in [2.24, 2.45) is 5.92 Å². The van der Waals surface area contributed by atoms with E-state index in [1.807, 2.05) is 12.1 Å². The number of hydrogen-bond acceptors (Lipinski definition) is 6. The van der Waals surface area contributed by atoms with Crippen LogP contribution in [0.1, 0.15) is 30.6 Å². The average Bonchev–Trinajstić information content (AvgIpc) is 3.21. The largest absolute Gasteiger partial charge is 0.493 e. The standard InChI is InChI=1S/C21H22O6/c1-4-26-21(23)20-15(17-6-5-9-27-17)10-14(11-16(20)22)13-7-8-18(24-2)19(12-13)25-3/h5-9,11-12,15,20H,4,10H2,1-3H3/t15-,20+/m1/s1. The summed E-state index contributed by atoms with van der Waals surface area (Å²) in [6.07, 6.45) is 3.52. The van der Waals surface area contributed by atoms with Gasteiger partial charge in [-0.3, -0.25) is 9.59 Å². The van der Waals surface area contributed by atoms with Crippen LogP contribution < -0.4 is 9.47 Å². The molecule has 0 amide bonds. The second kappa shape index (κ2) is 8.12. The van der Waals surface area contributed by atoms with Crippen molar-refractivity contribution in [1.82, 2.24) is 0 Å². The van der Waals surface area contributed by atoms with E-state index in [0.29, 0.717) is 23.7 Å². The summed E-state index contributed by atoms with van der Waals surface area (Å²) in [4.78, 5) is 25.2. The van der Waals surface area contributed by atoms with Gasteiger partial charge in [0.15, 0.2) is 17.3 Å². The first-order valence-electron chi connectivity index (χ1n) is 8.75. The second-order valence-corrected chi connectivity index (χ2v) is 6.20. The quantitative estimate of drug-likeness (QED) is 0.571. The summed E-state index contributed by atoms with van der Waals surface area (Å²) in [6.45, 7) is 1.94. The summed E-state index contributed by atoms with van der Waals surface area (Å²) in [6, 6.07) is 9.00. The van der Waals surface area contributed by atoms with Crippen LogP contribution in [-0.4, -0.2) is 32.6 Å². The minimum absolute atomic E-state index is 0.222. The van der Waals surface area contributed by atoms with Crippen molar-refractivity contribution >= 4 is 17.3 Å². The topological polar surface area (TPSA) is 75.0 Å². The molecule has 0 saturated heterocycles. The molecule has 1 aromatic carbocycles. The van der Waals surface area contributed by atoms with Gasteiger partial charge in [0.2, 0.25) is 0 Å². The number of carbonyl (C=O) groups is 2. The number of ketones is 1. The molecule has 2 atom stereocenters. The third kappa shape index (κ3) is 3.74. The van der Waals surface area contributed by atoms with E-state index in [-0.39, 0.29) is 12.4 Å². The summed E-state index contributed by atoms with van der Waals surface area (Å²) in [5.74, 6) is -0.356. The van der Waals surface area contributed by atoms with Gasteiger partial charge in [-0.25, -0.2) is 0 Å². The fraction of sp³-hybridized carbons (Fsp3) is 0.333. The molecule has 0 radical (unpaired) electrons. The number of benzene rings is 1. The molecule has 6 heteroatoms. The molecule has 0 unspecified atom stereocenters. The third-order valence-electron chi connectivity index (χ3n) is 4.67. The number of allylic oxidation sites excluding steroid dienone is 2. The lowest BCUT2D eigenvalue weighted by molar-refractivity contribution is -0.151. The molecule has 142 valence electrons. The first-order valence-corrected chi connectivity index (χ1v) is 8.75. The van der Waals surface area contributed by atoms with Gasteiger partial charge in [-0.15, -0.1) is 0 Å². The Hall–Kier alpha value is -3.02. The smallest absolute Gasteiger partial charge is 0.317 e. The summed E-state index contributed by atoms with van der Waals surface area (Å²) in [5, 5.41) is 0. The van der Waals surface area contributed by atoms with Gasteiger partial charge >= 0.3 is 5.97 Å². The Morgan fingerprint density at radius 1 is 1.19 bits per heavy atom. The number of rotatable bonds is 6. The van der Waals surface area contributed by atoms with Crippen LogP contribution in [0.15, 0.2) is 47.1 Å². The molecule has 2 aromatic rings. The van der Waals surface area contributed by atoms with Crippen LogP contribution >= 0.6 is 0 Å². The highest BCUT2D eigenvalue weighted by Gasteiger charge is 2.41. The van der Waals surface area contributed by atoms with Crippen molar-refractivity contribution in [3.8, 4) is 11.5 Å². The normalized spacial score (nSPS) is 19.4. The molecule has 0 fully saturated rings. The van der Waals surface area contributed by atoms with Crippen LogP contribution in [0.3, 0.4) is 0 Å². The van der Waals surface area contributed by atoms with E-state index < -0.39 is 17.8 Å². The predicted molar refractivity (Wildman–Crippen MR) is 98.7 cm³/mol. The van der Waals surface area contributed by atoms with Crippen LogP contribution in [0.25, 0.3) is 5.57 Å². The molecule has 0 aliphatic heterocycles. The molecule has 1 aromatic heterocycles. The lowest BCUT2D eigenvalue weighted by atomic mass is 9.75. The lowest BCUT2D eigenvalue weighted by Crippen LogP contribution is -2.33. The first-order chi connectivity index (χ1) is 13.1. The van der Waals surface area contributed by atoms with Gasteiger partial charge < -0.3 is 18.6 Å². The highest BCUT2D eigenvalue weighted by atomic mass is 16.5. The molecule has 6 nitrogen and oxygen atoms in total. The van der Waals surface area contributed by atoms with E-state index in [9.17, 15) is 9.59 Å². The zero-order valence-corrected chi connectivity index (χ0v) is 15.6. The fourth-order valence-corrected chi connectivity index (χ4v) is 3.39. The van der Waals surface area contributed by atoms with Crippen LogP contribution in [0, 0.1) is 5.92 Å². The van der Waals surface area contributed by atoms with Gasteiger partial charge in [0, 0.05) is 5.92 Å². The van der Waals surface area contributed by atoms with Crippen molar-refractivity contribution in [2.45, 2.75) is 19.3 Å². The first kappa shape index (κ1) is 18.8. The van der Waals surface area contributed by atoms with Gasteiger partial charge in [0.25, 0.3) is 0 Å².